The van der Waals surface area contributed by atoms with Gasteiger partial charge in [-0.25, -0.2) is 0 Å². The van der Waals surface area contributed by atoms with E-state index >= 15 is 0 Å². The predicted molar refractivity (Wildman–Crippen MR) is 112 cm³/mol. The Balaban J connectivity index is 2.17. The lowest BCUT2D eigenvalue weighted by atomic mass is 10.1. The van der Waals surface area contributed by atoms with Gasteiger partial charge in [0, 0.05) is 22.6 Å². The van der Waals surface area contributed by atoms with E-state index < -0.39 is 6.04 Å². The molecule has 0 heterocycles. The van der Waals surface area contributed by atoms with Gasteiger partial charge in [-0.15, -0.1) is 0 Å². The second-order valence-electron chi connectivity index (χ2n) is 6.70. The van der Waals surface area contributed by atoms with Gasteiger partial charge in [0.15, 0.2) is 6.61 Å². The van der Waals surface area contributed by atoms with Gasteiger partial charge in [-0.1, -0.05) is 47.5 Å². The average Bonchev–Trinajstić information content (AvgIpc) is 2.64. The lowest BCUT2D eigenvalue weighted by molar-refractivity contribution is -0.142. The van der Waals surface area contributed by atoms with E-state index in [1.54, 1.807) is 37.3 Å². The Morgan fingerprint density at radius 2 is 1.79 bits per heavy atom. The molecule has 2 aromatic carbocycles. The van der Waals surface area contributed by atoms with E-state index in [0.29, 0.717) is 15.8 Å². The van der Waals surface area contributed by atoms with Crippen molar-refractivity contribution in [1.82, 2.24) is 10.2 Å². The van der Waals surface area contributed by atoms with Crippen molar-refractivity contribution >= 4 is 35.0 Å². The fraction of sp³-hybridized carbons (Fsp3) is 0.333. The minimum Gasteiger partial charge on any atom is -0.484 e. The minimum absolute atomic E-state index is 0.0325. The maximum absolute atomic E-state index is 12.9. The zero-order chi connectivity index (χ0) is 20.7. The van der Waals surface area contributed by atoms with Gasteiger partial charge in [-0.3, -0.25) is 9.59 Å². The Morgan fingerprint density at radius 3 is 2.43 bits per heavy atom. The number of carbonyl (C=O) groups excluding carboxylic acids is 2. The molecule has 0 bridgehead atoms. The molecule has 0 aliphatic carbocycles. The van der Waals surface area contributed by atoms with Crippen LogP contribution in [0, 0.1) is 0 Å². The number of nitrogens with one attached hydrogen (secondary N) is 1. The van der Waals surface area contributed by atoms with Crippen LogP contribution in [0.3, 0.4) is 0 Å². The molecular weight excluding hydrogens is 399 g/mol. The fourth-order valence-corrected chi connectivity index (χ4v) is 2.96. The molecule has 0 fully saturated rings. The van der Waals surface area contributed by atoms with Crippen LogP contribution in [0.4, 0.5) is 0 Å². The summed E-state index contributed by atoms with van der Waals surface area (Å²) in [5.41, 5.74) is 0.754. The Morgan fingerprint density at radius 1 is 1.07 bits per heavy atom. The number of halogens is 2. The molecule has 1 N–H and O–H groups in total. The first-order valence-corrected chi connectivity index (χ1v) is 9.75. The van der Waals surface area contributed by atoms with Crippen LogP contribution in [0.25, 0.3) is 0 Å². The molecule has 150 valence electrons. The topological polar surface area (TPSA) is 58.6 Å². The van der Waals surface area contributed by atoms with Gasteiger partial charge in [0.1, 0.15) is 11.8 Å². The highest BCUT2D eigenvalue weighted by molar-refractivity contribution is 6.31. The second kappa shape index (κ2) is 10.3. The third kappa shape index (κ3) is 6.43. The molecule has 1 atom stereocenters. The summed E-state index contributed by atoms with van der Waals surface area (Å²) in [7, 11) is 0. The number of ether oxygens (including phenoxy) is 1. The zero-order valence-corrected chi connectivity index (χ0v) is 17.6. The van der Waals surface area contributed by atoms with Gasteiger partial charge >= 0.3 is 0 Å². The van der Waals surface area contributed by atoms with Gasteiger partial charge in [0.2, 0.25) is 5.91 Å². The number of carbonyl (C=O) groups is 2. The van der Waals surface area contributed by atoms with Crippen molar-refractivity contribution in [3.8, 4) is 5.75 Å². The smallest absolute Gasteiger partial charge is 0.261 e. The molecular formula is C21H24Cl2N2O3. The molecule has 0 unspecified atom stereocenters. The van der Waals surface area contributed by atoms with Crippen LogP contribution in [0.15, 0.2) is 48.5 Å². The predicted octanol–water partition coefficient (Wildman–Crippen LogP) is 4.31. The summed E-state index contributed by atoms with van der Waals surface area (Å²) in [6.45, 7) is 5.40. The summed E-state index contributed by atoms with van der Waals surface area (Å²) in [6.07, 6.45) is 0. The van der Waals surface area contributed by atoms with Crippen molar-refractivity contribution in [3.63, 3.8) is 0 Å². The molecule has 0 aliphatic rings. The number of hydrogen-bond donors (Lipinski definition) is 1. The van der Waals surface area contributed by atoms with Crippen molar-refractivity contribution in [2.75, 3.05) is 6.61 Å². The largest absolute Gasteiger partial charge is 0.484 e. The Labute approximate surface area is 175 Å². The molecule has 7 heteroatoms. The third-order valence-electron chi connectivity index (χ3n) is 4.06. The van der Waals surface area contributed by atoms with Gasteiger partial charge in [-0.2, -0.15) is 0 Å². The van der Waals surface area contributed by atoms with Crippen LogP contribution in [0.2, 0.25) is 10.0 Å². The van der Waals surface area contributed by atoms with Crippen molar-refractivity contribution in [3.05, 3.63) is 64.1 Å². The normalized spacial score (nSPS) is 11.8. The highest BCUT2D eigenvalue weighted by atomic mass is 35.5. The summed E-state index contributed by atoms with van der Waals surface area (Å²) < 4.78 is 5.57. The molecule has 0 radical (unpaired) electrons. The average molecular weight is 423 g/mol. The summed E-state index contributed by atoms with van der Waals surface area (Å²) in [6, 6.07) is 13.3. The van der Waals surface area contributed by atoms with Gasteiger partial charge in [-0.05, 0) is 50.6 Å². The first-order chi connectivity index (χ1) is 13.3. The molecule has 5 nitrogen and oxygen atoms in total. The molecule has 0 aliphatic heterocycles. The Hall–Kier alpha value is -2.24. The van der Waals surface area contributed by atoms with E-state index in [0.717, 1.165) is 5.56 Å². The molecule has 2 aromatic rings. The minimum atomic E-state index is -0.686. The maximum atomic E-state index is 12.9. The number of benzene rings is 2. The van der Waals surface area contributed by atoms with Crippen LogP contribution >= 0.6 is 23.2 Å². The highest BCUT2D eigenvalue weighted by Gasteiger charge is 2.27. The van der Waals surface area contributed by atoms with Crippen LogP contribution < -0.4 is 10.1 Å². The van der Waals surface area contributed by atoms with Crippen molar-refractivity contribution in [2.45, 2.75) is 39.4 Å². The molecule has 0 spiro atoms. The van der Waals surface area contributed by atoms with E-state index in [4.69, 9.17) is 27.9 Å². The van der Waals surface area contributed by atoms with Crippen LogP contribution in [-0.4, -0.2) is 35.4 Å². The molecule has 0 saturated carbocycles. The van der Waals surface area contributed by atoms with Crippen LogP contribution in [-0.2, 0) is 16.1 Å². The molecule has 2 amide bonds. The molecule has 0 aromatic heterocycles. The monoisotopic (exact) mass is 422 g/mol. The number of rotatable bonds is 8. The summed E-state index contributed by atoms with van der Waals surface area (Å²) in [5, 5.41) is 3.89. The summed E-state index contributed by atoms with van der Waals surface area (Å²) in [4.78, 5) is 26.9. The SMILES string of the molecule is CC(C)NC(=O)[C@H](C)N(Cc1ccccc1Cl)C(=O)COc1cccc(Cl)c1. The lowest BCUT2D eigenvalue weighted by Gasteiger charge is -2.29. The number of hydrogen-bond acceptors (Lipinski definition) is 3. The van der Waals surface area contributed by atoms with E-state index in [-0.39, 0.29) is 31.0 Å². The second-order valence-corrected chi connectivity index (χ2v) is 7.54. The fourth-order valence-electron chi connectivity index (χ4n) is 2.58. The highest BCUT2D eigenvalue weighted by Crippen LogP contribution is 2.20. The summed E-state index contributed by atoms with van der Waals surface area (Å²) in [5.74, 6) is -0.0812. The van der Waals surface area contributed by atoms with E-state index in [1.807, 2.05) is 32.0 Å². The van der Waals surface area contributed by atoms with E-state index in [9.17, 15) is 9.59 Å². The van der Waals surface area contributed by atoms with E-state index in [2.05, 4.69) is 5.32 Å². The van der Waals surface area contributed by atoms with Crippen molar-refractivity contribution in [2.24, 2.45) is 0 Å². The zero-order valence-electron chi connectivity index (χ0n) is 16.1. The Bertz CT molecular complexity index is 827. The third-order valence-corrected chi connectivity index (χ3v) is 4.66. The lowest BCUT2D eigenvalue weighted by Crippen LogP contribution is -2.50. The van der Waals surface area contributed by atoms with Gasteiger partial charge in [0.05, 0.1) is 0 Å². The van der Waals surface area contributed by atoms with Gasteiger partial charge in [0.25, 0.3) is 5.91 Å². The molecule has 28 heavy (non-hydrogen) atoms. The Kier molecular flexibility index (Phi) is 8.15. The maximum Gasteiger partial charge on any atom is 0.261 e. The van der Waals surface area contributed by atoms with Gasteiger partial charge < -0.3 is 15.0 Å². The van der Waals surface area contributed by atoms with Crippen LogP contribution in [0.5, 0.6) is 5.75 Å². The van der Waals surface area contributed by atoms with E-state index in [1.165, 1.54) is 4.90 Å². The standard InChI is InChI=1S/C21H24Cl2N2O3/c1-14(2)24-21(27)15(3)25(12-16-7-4-5-10-19(16)23)20(26)13-28-18-9-6-8-17(22)11-18/h4-11,14-15H,12-13H2,1-3H3,(H,24,27)/t15-/m0/s1. The number of amides is 2. The first kappa shape index (κ1) is 22.1. The van der Waals surface area contributed by atoms with Crippen LogP contribution in [0.1, 0.15) is 26.3 Å². The first-order valence-electron chi connectivity index (χ1n) is 8.99. The van der Waals surface area contributed by atoms with Crippen molar-refractivity contribution in [1.29, 1.82) is 0 Å². The number of nitrogens with zero attached hydrogens (tertiary/aromatic N) is 1. The van der Waals surface area contributed by atoms with Crippen molar-refractivity contribution < 1.29 is 14.3 Å². The molecule has 0 saturated heterocycles. The quantitative estimate of drug-likeness (QED) is 0.688. The summed E-state index contributed by atoms with van der Waals surface area (Å²) >= 11 is 12.2. The molecule has 2 rings (SSSR count).